The largest absolute Gasteiger partial charge is 0.381 e. The van der Waals surface area contributed by atoms with Gasteiger partial charge in [0.05, 0.1) is 0 Å². The quantitative estimate of drug-likeness (QED) is 0.728. The SMILES string of the molecule is C1CCOC1.NCCN1CCCCC1. The van der Waals surface area contributed by atoms with Crippen molar-refractivity contribution in [1.29, 1.82) is 0 Å². The number of piperidine rings is 1. The van der Waals surface area contributed by atoms with E-state index in [1.54, 1.807) is 0 Å². The minimum absolute atomic E-state index is 0.819. The van der Waals surface area contributed by atoms with E-state index in [2.05, 4.69) is 4.90 Å². The van der Waals surface area contributed by atoms with Crippen LogP contribution >= 0.6 is 0 Å². The van der Waals surface area contributed by atoms with Crippen LogP contribution < -0.4 is 5.73 Å². The molecular formula is C11H24N2O. The molecule has 2 aliphatic rings. The normalized spacial score (nSPS) is 22.9. The topological polar surface area (TPSA) is 38.5 Å². The van der Waals surface area contributed by atoms with Crippen LogP contribution in [0.3, 0.4) is 0 Å². The molecule has 0 aliphatic carbocycles. The van der Waals surface area contributed by atoms with Gasteiger partial charge in [0.15, 0.2) is 0 Å². The van der Waals surface area contributed by atoms with E-state index in [4.69, 9.17) is 10.5 Å². The Morgan fingerprint density at radius 2 is 1.57 bits per heavy atom. The Kier molecular flexibility index (Phi) is 7.01. The molecule has 2 aliphatic heterocycles. The third-order valence-corrected chi connectivity index (χ3v) is 2.72. The maximum atomic E-state index is 5.42. The van der Waals surface area contributed by atoms with Crippen LogP contribution in [-0.2, 0) is 4.74 Å². The van der Waals surface area contributed by atoms with Crippen molar-refractivity contribution >= 4 is 0 Å². The summed E-state index contributed by atoms with van der Waals surface area (Å²) in [5, 5.41) is 0. The van der Waals surface area contributed by atoms with Gasteiger partial charge in [-0.2, -0.15) is 0 Å². The van der Waals surface area contributed by atoms with Gasteiger partial charge in [-0.05, 0) is 38.8 Å². The standard InChI is InChI=1S/C7H16N2.C4H8O/c8-4-7-9-5-2-1-3-6-9;1-2-4-5-3-1/h1-8H2;1-4H2. The van der Waals surface area contributed by atoms with Crippen molar-refractivity contribution in [1.82, 2.24) is 4.90 Å². The van der Waals surface area contributed by atoms with Crippen LogP contribution in [0, 0.1) is 0 Å². The molecule has 2 heterocycles. The fourth-order valence-corrected chi connectivity index (χ4v) is 1.88. The highest BCUT2D eigenvalue weighted by atomic mass is 16.5. The molecule has 2 N–H and O–H groups in total. The highest BCUT2D eigenvalue weighted by Gasteiger charge is 2.07. The van der Waals surface area contributed by atoms with Crippen molar-refractivity contribution in [2.24, 2.45) is 5.73 Å². The molecule has 0 amide bonds. The van der Waals surface area contributed by atoms with Crippen LogP contribution in [0.25, 0.3) is 0 Å². The van der Waals surface area contributed by atoms with Gasteiger partial charge in [-0.25, -0.2) is 0 Å². The third kappa shape index (κ3) is 5.58. The Hall–Kier alpha value is -0.120. The maximum absolute atomic E-state index is 5.42. The molecule has 0 radical (unpaired) electrons. The fraction of sp³-hybridized carbons (Fsp3) is 1.00. The lowest BCUT2D eigenvalue weighted by Gasteiger charge is -2.25. The fourth-order valence-electron chi connectivity index (χ4n) is 1.88. The molecule has 0 spiro atoms. The van der Waals surface area contributed by atoms with Gasteiger partial charge in [0.2, 0.25) is 0 Å². The first kappa shape index (κ1) is 12.0. The van der Waals surface area contributed by atoms with E-state index in [1.807, 2.05) is 0 Å². The second-order valence-electron chi connectivity index (χ2n) is 4.01. The van der Waals surface area contributed by atoms with Crippen molar-refractivity contribution in [3.63, 3.8) is 0 Å². The first-order valence-corrected chi connectivity index (χ1v) is 5.93. The Labute approximate surface area is 87.6 Å². The summed E-state index contributed by atoms with van der Waals surface area (Å²) in [5.41, 5.74) is 5.42. The van der Waals surface area contributed by atoms with Crippen LogP contribution in [0.4, 0.5) is 0 Å². The number of likely N-dealkylation sites (tertiary alicyclic amines) is 1. The van der Waals surface area contributed by atoms with E-state index >= 15 is 0 Å². The molecule has 2 fully saturated rings. The Balaban J connectivity index is 0.000000165. The van der Waals surface area contributed by atoms with E-state index < -0.39 is 0 Å². The summed E-state index contributed by atoms with van der Waals surface area (Å²) in [6, 6.07) is 0. The van der Waals surface area contributed by atoms with Crippen LogP contribution in [0.1, 0.15) is 32.1 Å². The lowest BCUT2D eigenvalue weighted by molar-refractivity contribution is 0.198. The smallest absolute Gasteiger partial charge is 0.0466 e. The maximum Gasteiger partial charge on any atom is 0.0466 e. The number of nitrogens with two attached hydrogens (primary N) is 1. The van der Waals surface area contributed by atoms with E-state index in [1.165, 1.54) is 45.2 Å². The van der Waals surface area contributed by atoms with Gasteiger partial charge >= 0.3 is 0 Å². The molecule has 3 heteroatoms. The molecule has 0 atom stereocenters. The van der Waals surface area contributed by atoms with Gasteiger partial charge in [-0.3, -0.25) is 0 Å². The molecule has 14 heavy (non-hydrogen) atoms. The number of ether oxygens (including phenoxy) is 1. The van der Waals surface area contributed by atoms with E-state index in [9.17, 15) is 0 Å². The highest BCUT2D eigenvalue weighted by molar-refractivity contribution is 4.63. The molecular weight excluding hydrogens is 176 g/mol. The minimum Gasteiger partial charge on any atom is -0.381 e. The highest BCUT2D eigenvalue weighted by Crippen LogP contribution is 2.06. The van der Waals surface area contributed by atoms with Gasteiger partial charge in [0.25, 0.3) is 0 Å². The van der Waals surface area contributed by atoms with Crippen LogP contribution in [0.5, 0.6) is 0 Å². The van der Waals surface area contributed by atoms with Crippen molar-refractivity contribution in [3.05, 3.63) is 0 Å². The molecule has 2 saturated heterocycles. The molecule has 3 nitrogen and oxygen atoms in total. The zero-order chi connectivity index (χ0) is 10.1. The van der Waals surface area contributed by atoms with Gasteiger partial charge < -0.3 is 15.4 Å². The first-order valence-electron chi connectivity index (χ1n) is 5.93. The van der Waals surface area contributed by atoms with Gasteiger partial charge in [0.1, 0.15) is 0 Å². The number of hydrogen-bond acceptors (Lipinski definition) is 3. The Morgan fingerprint density at radius 3 is 2.00 bits per heavy atom. The number of rotatable bonds is 2. The zero-order valence-corrected chi connectivity index (χ0v) is 9.21. The lowest BCUT2D eigenvalue weighted by Crippen LogP contribution is -2.33. The molecule has 0 aromatic carbocycles. The molecule has 2 rings (SSSR count). The Bertz CT molecular complexity index is 110. The van der Waals surface area contributed by atoms with Crippen molar-refractivity contribution in [3.8, 4) is 0 Å². The number of hydrogen-bond donors (Lipinski definition) is 1. The summed E-state index contributed by atoms with van der Waals surface area (Å²) < 4.78 is 4.94. The average Bonchev–Trinajstić information content (AvgIpc) is 2.78. The Morgan fingerprint density at radius 1 is 0.929 bits per heavy atom. The van der Waals surface area contributed by atoms with Gasteiger partial charge in [-0.1, -0.05) is 6.42 Å². The third-order valence-electron chi connectivity index (χ3n) is 2.72. The van der Waals surface area contributed by atoms with E-state index in [-0.39, 0.29) is 0 Å². The summed E-state index contributed by atoms with van der Waals surface area (Å²) in [7, 11) is 0. The zero-order valence-electron chi connectivity index (χ0n) is 9.21. The minimum atomic E-state index is 0.819. The molecule has 0 aromatic rings. The predicted molar refractivity (Wildman–Crippen MR) is 59.4 cm³/mol. The van der Waals surface area contributed by atoms with Crippen LogP contribution in [0.2, 0.25) is 0 Å². The van der Waals surface area contributed by atoms with Gasteiger partial charge in [-0.15, -0.1) is 0 Å². The van der Waals surface area contributed by atoms with Crippen molar-refractivity contribution in [2.45, 2.75) is 32.1 Å². The molecule has 0 bridgehead atoms. The molecule has 0 unspecified atom stereocenters. The summed E-state index contributed by atoms with van der Waals surface area (Å²) >= 11 is 0. The average molecular weight is 200 g/mol. The number of nitrogens with zero attached hydrogens (tertiary/aromatic N) is 1. The second-order valence-corrected chi connectivity index (χ2v) is 4.01. The lowest BCUT2D eigenvalue weighted by atomic mass is 10.1. The van der Waals surface area contributed by atoms with E-state index in [0.29, 0.717) is 0 Å². The molecule has 0 aromatic heterocycles. The summed E-state index contributed by atoms with van der Waals surface area (Å²) in [6.45, 7) is 6.47. The summed E-state index contributed by atoms with van der Waals surface area (Å²) in [6.07, 6.45) is 6.72. The summed E-state index contributed by atoms with van der Waals surface area (Å²) in [5.74, 6) is 0. The van der Waals surface area contributed by atoms with Crippen LogP contribution in [0.15, 0.2) is 0 Å². The van der Waals surface area contributed by atoms with Crippen molar-refractivity contribution < 1.29 is 4.74 Å². The predicted octanol–water partition coefficient (Wildman–Crippen LogP) is 1.23. The van der Waals surface area contributed by atoms with E-state index in [0.717, 1.165) is 26.3 Å². The van der Waals surface area contributed by atoms with Crippen LogP contribution in [-0.4, -0.2) is 44.3 Å². The second kappa shape index (κ2) is 8.21. The molecule has 0 saturated carbocycles. The first-order chi connectivity index (χ1) is 6.93. The monoisotopic (exact) mass is 200 g/mol. The van der Waals surface area contributed by atoms with Crippen molar-refractivity contribution in [2.75, 3.05) is 39.4 Å². The molecule has 84 valence electrons. The summed E-state index contributed by atoms with van der Waals surface area (Å²) in [4.78, 5) is 2.45. The van der Waals surface area contributed by atoms with Gasteiger partial charge in [0, 0.05) is 26.3 Å².